The van der Waals surface area contributed by atoms with E-state index in [1.807, 2.05) is 6.92 Å². The highest BCUT2D eigenvalue weighted by molar-refractivity contribution is 7.89. The largest absolute Gasteiger partial charge is 0.304 e. The third-order valence-electron chi connectivity index (χ3n) is 3.24. The van der Waals surface area contributed by atoms with Gasteiger partial charge in [-0.3, -0.25) is 0 Å². The lowest BCUT2D eigenvalue weighted by Crippen LogP contribution is -2.18. The number of nitrogens with one attached hydrogen (secondary N) is 1. The van der Waals surface area contributed by atoms with Gasteiger partial charge in [0, 0.05) is 12.0 Å². The molecule has 22 heavy (non-hydrogen) atoms. The number of hydrogen-bond acceptors (Lipinski definition) is 6. The van der Waals surface area contributed by atoms with Crippen molar-refractivity contribution in [1.82, 2.24) is 15.5 Å². The predicted molar refractivity (Wildman–Crippen MR) is 87.1 cm³/mol. The predicted octanol–water partition coefficient (Wildman–Crippen LogP) is 2.16. The lowest BCUT2D eigenvalue weighted by molar-refractivity contribution is 0.570. The number of sulfonamides is 1. The molecule has 1 unspecified atom stereocenters. The minimum absolute atomic E-state index is 0.0703. The average Bonchev–Trinajstić information content (AvgIpc) is 2.93. The molecule has 2 rings (SSSR count). The molecular weight excluding hydrogens is 320 g/mol. The molecule has 1 heterocycles. The molecule has 2 aromatic rings. The van der Waals surface area contributed by atoms with Gasteiger partial charge >= 0.3 is 0 Å². The van der Waals surface area contributed by atoms with E-state index in [1.54, 1.807) is 23.5 Å². The van der Waals surface area contributed by atoms with Crippen LogP contribution in [-0.4, -0.2) is 18.6 Å². The molecule has 0 amide bonds. The van der Waals surface area contributed by atoms with Gasteiger partial charge in [0.2, 0.25) is 10.0 Å². The van der Waals surface area contributed by atoms with E-state index in [-0.39, 0.29) is 10.9 Å². The van der Waals surface area contributed by atoms with Crippen molar-refractivity contribution in [3.05, 3.63) is 39.8 Å². The topological polar surface area (TPSA) is 98.0 Å². The molecule has 0 saturated carbocycles. The summed E-state index contributed by atoms with van der Waals surface area (Å²) in [6.07, 6.45) is 0. The maximum Gasteiger partial charge on any atom is 0.238 e. The Labute approximate surface area is 134 Å². The summed E-state index contributed by atoms with van der Waals surface area (Å²) in [5.41, 5.74) is 0.987. The van der Waals surface area contributed by atoms with Gasteiger partial charge in [0.1, 0.15) is 10.0 Å². The van der Waals surface area contributed by atoms with E-state index in [0.29, 0.717) is 12.5 Å². The first kappa shape index (κ1) is 17.0. The fraction of sp³-hybridized carbons (Fsp3) is 0.429. The Morgan fingerprint density at radius 3 is 2.32 bits per heavy atom. The Morgan fingerprint density at radius 2 is 1.82 bits per heavy atom. The number of benzene rings is 1. The number of aromatic nitrogens is 2. The summed E-state index contributed by atoms with van der Waals surface area (Å²) in [6.45, 7) is 6.82. The molecule has 6 nitrogen and oxygen atoms in total. The van der Waals surface area contributed by atoms with Gasteiger partial charge in [0.15, 0.2) is 0 Å². The van der Waals surface area contributed by atoms with Crippen LogP contribution in [0.5, 0.6) is 0 Å². The molecule has 1 atom stereocenters. The Kier molecular flexibility index (Phi) is 5.28. The normalized spacial score (nSPS) is 13.5. The summed E-state index contributed by atoms with van der Waals surface area (Å²) in [7, 11) is -3.64. The zero-order chi connectivity index (χ0) is 16.3. The molecule has 120 valence electrons. The van der Waals surface area contributed by atoms with Crippen molar-refractivity contribution in [2.24, 2.45) is 5.14 Å². The third-order valence-corrected chi connectivity index (χ3v) is 5.40. The van der Waals surface area contributed by atoms with Gasteiger partial charge in [-0.2, -0.15) is 0 Å². The summed E-state index contributed by atoms with van der Waals surface area (Å²) >= 11 is 1.60. The van der Waals surface area contributed by atoms with E-state index < -0.39 is 10.0 Å². The van der Waals surface area contributed by atoms with Crippen LogP contribution in [0.3, 0.4) is 0 Å². The SMILES string of the molecule is CC(C)c1nnc(CNC(C)c2ccc(S(N)(=O)=O)cc2)s1. The van der Waals surface area contributed by atoms with Crippen molar-refractivity contribution in [2.45, 2.75) is 44.2 Å². The van der Waals surface area contributed by atoms with Crippen molar-refractivity contribution >= 4 is 21.4 Å². The minimum atomic E-state index is -3.64. The summed E-state index contributed by atoms with van der Waals surface area (Å²) in [5, 5.41) is 18.7. The molecule has 0 radical (unpaired) electrons. The Balaban J connectivity index is 1.98. The lowest BCUT2D eigenvalue weighted by Gasteiger charge is -2.13. The van der Waals surface area contributed by atoms with E-state index in [1.165, 1.54) is 12.1 Å². The number of hydrogen-bond donors (Lipinski definition) is 2. The van der Waals surface area contributed by atoms with Gasteiger partial charge < -0.3 is 5.32 Å². The van der Waals surface area contributed by atoms with Gasteiger partial charge in [-0.1, -0.05) is 37.3 Å². The van der Waals surface area contributed by atoms with Crippen LogP contribution >= 0.6 is 11.3 Å². The standard InChI is InChI=1S/C14H20N4O2S2/c1-9(2)14-18-17-13(21-14)8-16-10(3)11-4-6-12(7-5-11)22(15,19)20/h4-7,9-10,16H,8H2,1-3H3,(H2,15,19,20). The van der Waals surface area contributed by atoms with Crippen molar-refractivity contribution in [3.63, 3.8) is 0 Å². The first-order chi connectivity index (χ1) is 10.3. The molecular formula is C14H20N4O2S2. The second-order valence-electron chi connectivity index (χ2n) is 5.41. The molecule has 0 spiro atoms. The summed E-state index contributed by atoms with van der Waals surface area (Å²) < 4.78 is 22.5. The zero-order valence-corrected chi connectivity index (χ0v) is 14.4. The van der Waals surface area contributed by atoms with Crippen LogP contribution < -0.4 is 10.5 Å². The quantitative estimate of drug-likeness (QED) is 0.840. The number of nitrogens with zero attached hydrogens (tertiary/aromatic N) is 2. The molecule has 0 bridgehead atoms. The molecule has 0 saturated heterocycles. The third kappa shape index (κ3) is 4.33. The van der Waals surface area contributed by atoms with Crippen molar-refractivity contribution in [3.8, 4) is 0 Å². The lowest BCUT2D eigenvalue weighted by atomic mass is 10.1. The van der Waals surface area contributed by atoms with E-state index in [0.717, 1.165) is 15.6 Å². The zero-order valence-electron chi connectivity index (χ0n) is 12.8. The van der Waals surface area contributed by atoms with Crippen LogP contribution in [-0.2, 0) is 16.6 Å². The number of nitrogens with two attached hydrogens (primary N) is 1. The Hall–Kier alpha value is -1.35. The average molecular weight is 340 g/mol. The molecule has 0 aliphatic rings. The van der Waals surface area contributed by atoms with Crippen molar-refractivity contribution < 1.29 is 8.42 Å². The second-order valence-corrected chi connectivity index (χ2v) is 8.06. The molecule has 0 aliphatic carbocycles. The van der Waals surface area contributed by atoms with Crippen LogP contribution in [0.4, 0.5) is 0 Å². The highest BCUT2D eigenvalue weighted by Crippen LogP contribution is 2.20. The molecule has 1 aromatic heterocycles. The van der Waals surface area contributed by atoms with Crippen LogP contribution in [0.15, 0.2) is 29.2 Å². The first-order valence-electron chi connectivity index (χ1n) is 6.96. The van der Waals surface area contributed by atoms with Gasteiger partial charge in [-0.05, 0) is 24.6 Å². The Bertz CT molecular complexity index is 724. The second kappa shape index (κ2) is 6.82. The van der Waals surface area contributed by atoms with E-state index >= 15 is 0 Å². The van der Waals surface area contributed by atoms with Gasteiger partial charge in [0.25, 0.3) is 0 Å². The van der Waals surface area contributed by atoms with Crippen molar-refractivity contribution in [2.75, 3.05) is 0 Å². The van der Waals surface area contributed by atoms with Gasteiger partial charge in [-0.15, -0.1) is 10.2 Å². The smallest absolute Gasteiger partial charge is 0.238 e. The van der Waals surface area contributed by atoms with E-state index in [2.05, 4.69) is 29.4 Å². The summed E-state index contributed by atoms with van der Waals surface area (Å²) in [6, 6.07) is 6.63. The highest BCUT2D eigenvalue weighted by atomic mass is 32.2. The van der Waals surface area contributed by atoms with Gasteiger partial charge in [0.05, 0.1) is 11.4 Å². The summed E-state index contributed by atoms with van der Waals surface area (Å²) in [5.74, 6) is 0.384. The molecule has 0 fully saturated rings. The van der Waals surface area contributed by atoms with E-state index in [9.17, 15) is 8.42 Å². The van der Waals surface area contributed by atoms with Crippen LogP contribution in [0, 0.1) is 0 Å². The van der Waals surface area contributed by atoms with Crippen molar-refractivity contribution in [1.29, 1.82) is 0 Å². The number of rotatable bonds is 6. The maximum atomic E-state index is 11.2. The van der Waals surface area contributed by atoms with Crippen LogP contribution in [0.25, 0.3) is 0 Å². The molecule has 8 heteroatoms. The monoisotopic (exact) mass is 340 g/mol. The molecule has 0 aliphatic heterocycles. The highest BCUT2D eigenvalue weighted by Gasteiger charge is 2.11. The van der Waals surface area contributed by atoms with Gasteiger partial charge in [-0.25, -0.2) is 13.6 Å². The summed E-state index contributed by atoms with van der Waals surface area (Å²) in [4.78, 5) is 0.120. The molecule has 1 aromatic carbocycles. The fourth-order valence-electron chi connectivity index (χ4n) is 1.88. The van der Waals surface area contributed by atoms with E-state index in [4.69, 9.17) is 5.14 Å². The maximum absolute atomic E-state index is 11.2. The number of primary sulfonamides is 1. The Morgan fingerprint density at radius 1 is 1.18 bits per heavy atom. The fourth-order valence-corrected chi connectivity index (χ4v) is 3.19. The van der Waals surface area contributed by atoms with Crippen LogP contribution in [0.2, 0.25) is 0 Å². The van der Waals surface area contributed by atoms with Crippen LogP contribution in [0.1, 0.15) is 48.3 Å². The minimum Gasteiger partial charge on any atom is -0.304 e. The first-order valence-corrected chi connectivity index (χ1v) is 9.32. The molecule has 3 N–H and O–H groups in total.